The summed E-state index contributed by atoms with van der Waals surface area (Å²) in [6, 6.07) is 0. The Hall–Kier alpha value is -0.520. The van der Waals surface area contributed by atoms with Crippen molar-refractivity contribution in [1.82, 2.24) is 54.6 Å². The number of fused-ring (bicyclic) bond motifs is 8. The zero-order chi connectivity index (χ0) is 48.1. The number of piperidine rings is 4. The van der Waals surface area contributed by atoms with Gasteiger partial charge in [-0.25, -0.2) is 0 Å². The van der Waals surface area contributed by atoms with Gasteiger partial charge in [0.05, 0.1) is 69.7 Å². The molecule has 0 radical (unpaired) electrons. The average Bonchev–Trinajstić information content (AvgIpc) is 4.28. The number of nitrogens with zero attached hydrogens (tertiary/aromatic N) is 12. The minimum atomic E-state index is 0.661. The summed E-state index contributed by atoms with van der Waals surface area (Å²) in [5.74, 6) is 9.52. The lowest BCUT2D eigenvalue weighted by Gasteiger charge is -2.21. The van der Waals surface area contributed by atoms with E-state index in [1.807, 2.05) is 35.3 Å². The van der Waals surface area contributed by atoms with Crippen LogP contribution >= 0.6 is 94.0 Å². The van der Waals surface area contributed by atoms with E-state index in [0.717, 1.165) is 29.4 Å². The largest absolute Gasteiger partial charge is 0.302 e. The standard InChI is InChI=1S/C15H25N3S2.C14H23N3S2.C11H17N3S2.C10H15N3S2/c1-2-3-4-5-9-19-15-14(16-20-17-15)13-11-18-8-6-7-12(13)10-18;1-2-3-4-8-18-14-13(15-19-16-14)12-10-17-7-5-6-11(12)9-17;1-2-15-11-10(12-16-13-11)9-7-14-5-3-4-8(9)6-14;1-14-10-9(11-15-12-10)8-6-13-4-2-3-7(8)5-13/h12-13H,2-11H2,1H3;11-12H,2-10H2,1H3;8-9H,2-7H2,1H3;7-8H,2-6H2,1H3. The van der Waals surface area contributed by atoms with Gasteiger partial charge in [-0.1, -0.05) is 52.9 Å². The minimum Gasteiger partial charge on any atom is -0.302 e. The number of rotatable bonds is 18. The Balaban J connectivity index is 0.000000117. The lowest BCUT2D eigenvalue weighted by molar-refractivity contribution is 0.269. The monoisotopic (exact) mass is 1100 g/mol. The Kier molecular flexibility index (Phi) is 21.7. The van der Waals surface area contributed by atoms with E-state index in [1.165, 1.54) is 276 Å². The molecule has 20 heteroatoms. The predicted octanol–water partition coefficient (Wildman–Crippen LogP) is 12.2. The van der Waals surface area contributed by atoms with E-state index in [1.54, 1.807) is 11.8 Å². The van der Waals surface area contributed by atoms with Gasteiger partial charge in [-0.05, 0) is 138 Å². The first-order chi connectivity index (χ1) is 34.5. The highest BCUT2D eigenvalue weighted by atomic mass is 32.2. The molecule has 8 aliphatic heterocycles. The molecule has 0 aromatic carbocycles. The van der Waals surface area contributed by atoms with Gasteiger partial charge in [0.15, 0.2) is 0 Å². The third-order valence-corrected chi connectivity index (χ3v) is 22.6. The van der Waals surface area contributed by atoms with Crippen molar-refractivity contribution in [2.45, 2.75) is 161 Å². The van der Waals surface area contributed by atoms with Crippen LogP contribution in [0.5, 0.6) is 0 Å². The van der Waals surface area contributed by atoms with Crippen LogP contribution < -0.4 is 0 Å². The Morgan fingerprint density at radius 3 is 1.07 bits per heavy atom. The summed E-state index contributed by atoms with van der Waals surface area (Å²) in [6.07, 6.45) is 22.4. The van der Waals surface area contributed by atoms with Crippen LogP contribution in [0.25, 0.3) is 0 Å². The molecular weight excluding hydrogens is 1030 g/mol. The van der Waals surface area contributed by atoms with Crippen LogP contribution in [0.4, 0.5) is 0 Å². The maximum atomic E-state index is 4.66. The van der Waals surface area contributed by atoms with Crippen molar-refractivity contribution in [3.8, 4) is 0 Å². The molecule has 12 atom stereocenters. The van der Waals surface area contributed by atoms with E-state index < -0.39 is 0 Å². The third-order valence-electron chi connectivity index (χ3n) is 16.3. The number of aromatic nitrogens is 8. The fourth-order valence-corrected chi connectivity index (χ4v) is 19.2. The summed E-state index contributed by atoms with van der Waals surface area (Å²) >= 11 is 13.1. The van der Waals surface area contributed by atoms with Gasteiger partial charge in [-0.15, -0.1) is 47.0 Å². The van der Waals surface area contributed by atoms with Crippen molar-refractivity contribution >= 4 is 94.0 Å². The van der Waals surface area contributed by atoms with Crippen molar-refractivity contribution in [2.24, 2.45) is 23.7 Å². The SMILES string of the molecule is CCCCCCSc1nsnc1C1CN2CCCC1C2.CCCCCSc1nsnc1C1CN2CCCC1C2.CCSc1nsnc1C1CN2CCCC1C2.CSc1nsnc1C1CN2CCCC1C2. The molecule has 4 aromatic heterocycles. The first-order valence-corrected chi connectivity index (χ1v) is 34.2. The van der Waals surface area contributed by atoms with Crippen LogP contribution in [0.3, 0.4) is 0 Å². The van der Waals surface area contributed by atoms with Gasteiger partial charge < -0.3 is 19.6 Å². The van der Waals surface area contributed by atoms with Crippen molar-refractivity contribution in [2.75, 3.05) is 102 Å². The molecule has 70 heavy (non-hydrogen) atoms. The molecule has 0 saturated carbocycles. The maximum Gasteiger partial charge on any atom is 0.134 e. The Bertz CT molecular complexity index is 2130. The number of hydrogen-bond donors (Lipinski definition) is 0. The van der Waals surface area contributed by atoms with E-state index in [-0.39, 0.29) is 0 Å². The molecule has 12 heterocycles. The fourth-order valence-electron chi connectivity index (χ4n) is 12.7. The molecule has 8 saturated heterocycles. The highest BCUT2D eigenvalue weighted by Gasteiger charge is 2.42. The predicted molar refractivity (Wildman–Crippen MR) is 301 cm³/mol. The highest BCUT2D eigenvalue weighted by Crippen LogP contribution is 2.45. The summed E-state index contributed by atoms with van der Waals surface area (Å²) in [7, 11) is 0. The van der Waals surface area contributed by atoms with Gasteiger partial charge >= 0.3 is 0 Å². The van der Waals surface area contributed by atoms with Crippen LogP contribution in [0.2, 0.25) is 0 Å². The second-order valence-electron chi connectivity index (χ2n) is 21.0. The van der Waals surface area contributed by atoms with Gasteiger partial charge in [0, 0.05) is 76.0 Å². The molecule has 8 fully saturated rings. The Morgan fingerprint density at radius 2 is 0.729 bits per heavy atom. The topological polar surface area (TPSA) is 116 Å². The lowest BCUT2D eigenvalue weighted by atomic mass is 9.89. The molecule has 8 aliphatic rings. The maximum absolute atomic E-state index is 4.66. The minimum absolute atomic E-state index is 0.661. The van der Waals surface area contributed by atoms with Crippen LogP contribution in [-0.2, 0) is 0 Å². The zero-order valence-corrected chi connectivity index (χ0v) is 49.0. The van der Waals surface area contributed by atoms with Gasteiger partial charge in [0.1, 0.15) is 20.1 Å². The van der Waals surface area contributed by atoms with Gasteiger partial charge in [-0.2, -0.15) is 35.0 Å². The van der Waals surface area contributed by atoms with Crippen molar-refractivity contribution in [3.05, 3.63) is 22.8 Å². The van der Waals surface area contributed by atoms with Crippen molar-refractivity contribution in [3.63, 3.8) is 0 Å². The summed E-state index contributed by atoms with van der Waals surface area (Å²) in [5.41, 5.74) is 5.22. The summed E-state index contributed by atoms with van der Waals surface area (Å²) < 4.78 is 36.3. The second kappa shape index (κ2) is 28.0. The smallest absolute Gasteiger partial charge is 0.134 e. The molecule has 0 aliphatic carbocycles. The van der Waals surface area contributed by atoms with E-state index in [4.69, 9.17) is 0 Å². The first-order valence-electron chi connectivity index (χ1n) is 27.1. The molecule has 12 unspecified atom stereocenters. The molecule has 388 valence electrons. The van der Waals surface area contributed by atoms with E-state index >= 15 is 0 Å². The van der Waals surface area contributed by atoms with Crippen LogP contribution in [0, 0.1) is 23.7 Å². The molecule has 0 N–H and O–H groups in total. The summed E-state index contributed by atoms with van der Waals surface area (Å²) in [4.78, 5) is 10.4. The summed E-state index contributed by atoms with van der Waals surface area (Å²) in [5, 5.41) is 4.84. The molecule has 12 nitrogen and oxygen atoms in total. The Labute approximate surface area is 454 Å². The Morgan fingerprint density at radius 1 is 0.400 bits per heavy atom. The van der Waals surface area contributed by atoms with Gasteiger partial charge in [-0.3, -0.25) is 0 Å². The number of unbranched alkanes of at least 4 members (excludes halogenated alkanes) is 5. The lowest BCUT2D eigenvalue weighted by Crippen LogP contribution is -2.25. The third kappa shape index (κ3) is 14.1. The van der Waals surface area contributed by atoms with Crippen LogP contribution in [-0.4, -0.2) is 157 Å². The molecule has 12 rings (SSSR count). The normalized spacial score (nSPS) is 31.4. The van der Waals surface area contributed by atoms with Crippen LogP contribution in [0.1, 0.15) is 164 Å². The quantitative estimate of drug-likeness (QED) is 0.0694. The van der Waals surface area contributed by atoms with Crippen LogP contribution in [0.15, 0.2) is 20.1 Å². The fraction of sp³-hybridized carbons (Fsp3) is 0.840. The van der Waals surface area contributed by atoms with Crippen molar-refractivity contribution < 1.29 is 0 Å². The number of hydrogen-bond acceptors (Lipinski definition) is 20. The molecule has 0 amide bonds. The van der Waals surface area contributed by atoms with Gasteiger partial charge in [0.25, 0.3) is 0 Å². The average molecular weight is 1110 g/mol. The number of thioether (sulfide) groups is 4. The highest BCUT2D eigenvalue weighted by molar-refractivity contribution is 7.99. The first kappa shape index (κ1) is 54.3. The molecular formula is C50H80N12S8. The van der Waals surface area contributed by atoms with E-state index in [0.29, 0.717) is 23.7 Å². The zero-order valence-electron chi connectivity index (χ0n) is 42.5. The van der Waals surface area contributed by atoms with Gasteiger partial charge in [0.2, 0.25) is 0 Å². The molecule has 4 aromatic rings. The summed E-state index contributed by atoms with van der Waals surface area (Å²) in [6.45, 7) is 21.9. The molecule has 8 bridgehead atoms. The molecule has 0 spiro atoms. The van der Waals surface area contributed by atoms with Crippen molar-refractivity contribution in [1.29, 1.82) is 0 Å². The van der Waals surface area contributed by atoms with E-state index in [2.05, 4.69) is 81.6 Å². The van der Waals surface area contributed by atoms with E-state index in [9.17, 15) is 0 Å². The second-order valence-corrected chi connectivity index (χ2v) is 27.3.